The van der Waals surface area contributed by atoms with Gasteiger partial charge in [0, 0.05) is 13.1 Å². The van der Waals surface area contributed by atoms with E-state index >= 15 is 0 Å². The Kier molecular flexibility index (Phi) is 7.38. The van der Waals surface area contributed by atoms with Crippen LogP contribution < -0.4 is 5.32 Å². The Bertz CT molecular complexity index is 934. The van der Waals surface area contributed by atoms with Crippen LogP contribution in [0.1, 0.15) is 74.9 Å². The summed E-state index contributed by atoms with van der Waals surface area (Å²) >= 11 is 0. The molecule has 0 saturated carbocycles. The van der Waals surface area contributed by atoms with Crippen LogP contribution in [0.5, 0.6) is 0 Å². The fourth-order valence-corrected chi connectivity index (χ4v) is 3.76. The standard InChI is InChI=1S/C30H39N/c1-29(2,3)27-17-13-24(14-18-27)8-7-23-9-11-25(12-10-23)21-31-22-26-15-19-28(20-16-26)30(4,5)6/h9-20,31H,7-8,21-22H2,1-6H3. The molecule has 3 aromatic carbocycles. The fourth-order valence-electron chi connectivity index (χ4n) is 3.76. The normalized spacial score (nSPS) is 12.2. The van der Waals surface area contributed by atoms with Gasteiger partial charge >= 0.3 is 0 Å². The molecule has 3 aromatic rings. The average Bonchev–Trinajstić information content (AvgIpc) is 2.72. The second-order valence-corrected chi connectivity index (χ2v) is 10.8. The van der Waals surface area contributed by atoms with Gasteiger partial charge in [-0.3, -0.25) is 0 Å². The van der Waals surface area contributed by atoms with Crippen LogP contribution in [0.2, 0.25) is 0 Å². The van der Waals surface area contributed by atoms with Gasteiger partial charge in [0.15, 0.2) is 0 Å². The molecule has 0 heterocycles. The van der Waals surface area contributed by atoms with Crippen LogP contribution in [-0.4, -0.2) is 0 Å². The first kappa shape index (κ1) is 23.3. The van der Waals surface area contributed by atoms with Crippen molar-refractivity contribution >= 4 is 0 Å². The SMILES string of the molecule is CC(C)(C)c1ccc(CCc2ccc(CNCc3ccc(C(C)(C)C)cc3)cc2)cc1. The third-order valence-electron chi connectivity index (χ3n) is 6.02. The minimum absolute atomic E-state index is 0.212. The molecule has 1 nitrogen and oxygen atoms in total. The molecular weight excluding hydrogens is 374 g/mol. The maximum Gasteiger partial charge on any atom is 0.0208 e. The lowest BCUT2D eigenvalue weighted by atomic mass is 9.86. The van der Waals surface area contributed by atoms with Crippen LogP contribution in [0.15, 0.2) is 72.8 Å². The van der Waals surface area contributed by atoms with Crippen LogP contribution in [-0.2, 0) is 36.8 Å². The zero-order valence-electron chi connectivity index (χ0n) is 20.3. The van der Waals surface area contributed by atoms with E-state index in [9.17, 15) is 0 Å². The summed E-state index contributed by atoms with van der Waals surface area (Å²) in [5.41, 5.74) is 8.71. The van der Waals surface area contributed by atoms with Crippen molar-refractivity contribution in [2.24, 2.45) is 0 Å². The highest BCUT2D eigenvalue weighted by atomic mass is 14.8. The molecule has 1 N–H and O–H groups in total. The highest BCUT2D eigenvalue weighted by Crippen LogP contribution is 2.23. The van der Waals surface area contributed by atoms with E-state index in [-0.39, 0.29) is 10.8 Å². The van der Waals surface area contributed by atoms with E-state index in [0.29, 0.717) is 0 Å². The molecule has 0 aliphatic carbocycles. The van der Waals surface area contributed by atoms with Crippen molar-refractivity contribution in [1.29, 1.82) is 0 Å². The van der Waals surface area contributed by atoms with Gasteiger partial charge in [0.05, 0.1) is 0 Å². The number of nitrogens with one attached hydrogen (secondary N) is 1. The molecule has 1 heteroatoms. The molecule has 0 bridgehead atoms. The van der Waals surface area contributed by atoms with Gasteiger partial charge in [0.25, 0.3) is 0 Å². The van der Waals surface area contributed by atoms with Crippen molar-refractivity contribution in [3.63, 3.8) is 0 Å². The molecule has 31 heavy (non-hydrogen) atoms. The van der Waals surface area contributed by atoms with Crippen molar-refractivity contribution in [2.75, 3.05) is 0 Å². The topological polar surface area (TPSA) is 12.0 Å². The Morgan fingerprint density at radius 2 is 0.742 bits per heavy atom. The monoisotopic (exact) mass is 413 g/mol. The smallest absolute Gasteiger partial charge is 0.0208 e. The summed E-state index contributed by atoms with van der Waals surface area (Å²) in [6.45, 7) is 15.4. The number of rotatable bonds is 7. The first-order valence-corrected chi connectivity index (χ1v) is 11.6. The molecule has 0 aliphatic heterocycles. The van der Waals surface area contributed by atoms with Crippen molar-refractivity contribution in [3.8, 4) is 0 Å². The van der Waals surface area contributed by atoms with Crippen LogP contribution in [0.25, 0.3) is 0 Å². The molecule has 0 spiro atoms. The number of aryl methyl sites for hydroxylation is 2. The van der Waals surface area contributed by atoms with Gasteiger partial charge in [0.2, 0.25) is 0 Å². The van der Waals surface area contributed by atoms with Gasteiger partial charge in [-0.1, -0.05) is 114 Å². The average molecular weight is 414 g/mol. The summed E-state index contributed by atoms with van der Waals surface area (Å²) in [6.07, 6.45) is 2.18. The van der Waals surface area contributed by atoms with Crippen LogP contribution in [0, 0.1) is 0 Å². The molecule has 0 fully saturated rings. The van der Waals surface area contributed by atoms with E-state index in [2.05, 4.69) is 120 Å². The summed E-state index contributed by atoms with van der Waals surface area (Å²) in [6, 6.07) is 27.2. The van der Waals surface area contributed by atoms with Gasteiger partial charge in [0.1, 0.15) is 0 Å². The highest BCUT2D eigenvalue weighted by Gasteiger charge is 2.13. The van der Waals surface area contributed by atoms with Gasteiger partial charge < -0.3 is 5.32 Å². The van der Waals surface area contributed by atoms with E-state index < -0.39 is 0 Å². The summed E-state index contributed by atoms with van der Waals surface area (Å²) < 4.78 is 0. The molecule has 0 saturated heterocycles. The Labute approximate surface area is 189 Å². The summed E-state index contributed by atoms with van der Waals surface area (Å²) in [5.74, 6) is 0. The molecule has 0 radical (unpaired) electrons. The Balaban J connectivity index is 1.45. The molecule has 0 aliphatic rings. The Hall–Kier alpha value is -2.38. The molecule has 0 atom stereocenters. The van der Waals surface area contributed by atoms with Crippen molar-refractivity contribution in [2.45, 2.75) is 78.3 Å². The second-order valence-electron chi connectivity index (χ2n) is 10.8. The van der Waals surface area contributed by atoms with Crippen LogP contribution in [0.4, 0.5) is 0 Å². The molecule has 0 amide bonds. The highest BCUT2D eigenvalue weighted by molar-refractivity contribution is 5.30. The van der Waals surface area contributed by atoms with Crippen molar-refractivity contribution in [1.82, 2.24) is 5.32 Å². The predicted molar refractivity (Wildman–Crippen MR) is 135 cm³/mol. The first-order chi connectivity index (χ1) is 14.6. The van der Waals surface area contributed by atoms with E-state index in [0.717, 1.165) is 25.9 Å². The number of hydrogen-bond donors (Lipinski definition) is 1. The lowest BCUT2D eigenvalue weighted by Gasteiger charge is -2.19. The maximum atomic E-state index is 3.57. The quantitative estimate of drug-likeness (QED) is 0.427. The third-order valence-corrected chi connectivity index (χ3v) is 6.02. The number of hydrogen-bond acceptors (Lipinski definition) is 1. The van der Waals surface area contributed by atoms with E-state index in [1.807, 2.05) is 0 Å². The van der Waals surface area contributed by atoms with Gasteiger partial charge in [-0.25, -0.2) is 0 Å². The minimum atomic E-state index is 0.212. The van der Waals surface area contributed by atoms with Gasteiger partial charge in [-0.2, -0.15) is 0 Å². The minimum Gasteiger partial charge on any atom is -0.309 e. The van der Waals surface area contributed by atoms with E-state index in [4.69, 9.17) is 0 Å². The third kappa shape index (κ3) is 7.08. The first-order valence-electron chi connectivity index (χ1n) is 11.6. The van der Waals surface area contributed by atoms with Crippen LogP contribution >= 0.6 is 0 Å². The van der Waals surface area contributed by atoms with Crippen molar-refractivity contribution in [3.05, 3.63) is 106 Å². The predicted octanol–water partition coefficient (Wildman–Crippen LogP) is 7.36. The van der Waals surface area contributed by atoms with E-state index in [1.54, 1.807) is 0 Å². The molecule has 0 unspecified atom stereocenters. The Morgan fingerprint density at radius 1 is 0.452 bits per heavy atom. The zero-order chi connectivity index (χ0) is 22.5. The zero-order valence-corrected chi connectivity index (χ0v) is 20.3. The maximum absolute atomic E-state index is 3.57. The molecule has 164 valence electrons. The molecular formula is C30H39N. The summed E-state index contributed by atoms with van der Waals surface area (Å²) in [7, 11) is 0. The fraction of sp³-hybridized carbons (Fsp3) is 0.400. The van der Waals surface area contributed by atoms with E-state index in [1.165, 1.54) is 33.4 Å². The Morgan fingerprint density at radius 3 is 1.10 bits per heavy atom. The van der Waals surface area contributed by atoms with Crippen LogP contribution in [0.3, 0.4) is 0 Å². The summed E-state index contributed by atoms with van der Waals surface area (Å²) in [5, 5.41) is 3.57. The van der Waals surface area contributed by atoms with Gasteiger partial charge in [-0.05, 0) is 57.1 Å². The largest absolute Gasteiger partial charge is 0.309 e. The van der Waals surface area contributed by atoms with Gasteiger partial charge in [-0.15, -0.1) is 0 Å². The lowest BCUT2D eigenvalue weighted by molar-refractivity contribution is 0.589. The molecule has 3 rings (SSSR count). The molecule has 0 aromatic heterocycles. The van der Waals surface area contributed by atoms with Crippen molar-refractivity contribution < 1.29 is 0 Å². The summed E-state index contributed by atoms with van der Waals surface area (Å²) in [4.78, 5) is 0. The second kappa shape index (κ2) is 9.83. The lowest BCUT2D eigenvalue weighted by Crippen LogP contribution is -2.14. The number of benzene rings is 3.